The smallest absolute Gasteiger partial charge is 0.147 e. The lowest BCUT2D eigenvalue weighted by Crippen LogP contribution is -3.00. The Bertz CT molecular complexity index is 110. The van der Waals surface area contributed by atoms with E-state index in [-0.39, 0.29) is 48.0 Å². The minimum Gasteiger partial charge on any atom is -1.00 e. The summed E-state index contributed by atoms with van der Waals surface area (Å²) in [5.74, 6) is 11.7. The Morgan fingerprint density at radius 3 is 1.08 bits per heavy atom. The van der Waals surface area contributed by atoms with Gasteiger partial charge in [-0.2, -0.15) is 11.7 Å². The molecule has 0 unspecified atom stereocenters. The van der Waals surface area contributed by atoms with Gasteiger partial charge in [-0.05, 0) is 0 Å². The molecular weight excluding hydrogens is 382 g/mol. The zero-order valence-electron chi connectivity index (χ0n) is 7.63. The topological polar surface area (TPSA) is 52.0 Å². The minimum atomic E-state index is 0. The molecule has 6 heteroatoms. The van der Waals surface area contributed by atoms with Gasteiger partial charge in [0.05, 0.1) is 14.1 Å². The highest BCUT2D eigenvalue weighted by Crippen LogP contribution is 2.05. The molecule has 0 aromatic heterocycles. The molecule has 1 heterocycles. The number of rotatable bonds is 0. The summed E-state index contributed by atoms with van der Waals surface area (Å²) in [5, 5.41) is 0. The van der Waals surface area contributed by atoms with E-state index in [1.165, 1.54) is 0 Å². The maximum atomic E-state index is 5.87. The summed E-state index contributed by atoms with van der Waals surface area (Å²) in [6.45, 7) is 3.92. The van der Waals surface area contributed by atoms with E-state index < -0.39 is 0 Å². The van der Waals surface area contributed by atoms with E-state index in [2.05, 4.69) is 0 Å². The molecule has 0 spiro atoms. The molecule has 1 fully saturated rings. The zero-order valence-corrected chi connectivity index (χ0v) is 11.9. The second-order valence-electron chi connectivity index (χ2n) is 3.85. The molecule has 1 rings (SSSR count). The second kappa shape index (κ2) is 5.25. The molecule has 0 aliphatic carbocycles. The van der Waals surface area contributed by atoms with Crippen LogP contribution < -0.4 is 59.6 Å². The number of hydrogen-bond acceptors (Lipinski definition) is 2. The average Bonchev–Trinajstić information content (AvgIpc) is 1.79. The summed E-state index contributed by atoms with van der Waals surface area (Å²) < 4.78 is 1.26. The Hall–Kier alpha value is 1.30. The number of nitrogens with two attached hydrogens (primary N) is 2. The van der Waals surface area contributed by atoms with Crippen LogP contribution in [0.5, 0.6) is 0 Å². The fraction of sp³-hybridized carbons (Fsp3) is 1.00. The van der Waals surface area contributed by atoms with E-state index in [4.69, 9.17) is 11.7 Å². The Balaban J connectivity index is 0. The molecule has 0 aromatic rings. The van der Waals surface area contributed by atoms with Crippen LogP contribution in [0.3, 0.4) is 0 Å². The van der Waals surface area contributed by atoms with Crippen LogP contribution in [-0.2, 0) is 0 Å². The van der Waals surface area contributed by atoms with Crippen molar-refractivity contribution in [2.45, 2.75) is 0 Å². The summed E-state index contributed by atoms with van der Waals surface area (Å²) in [7, 11) is 4.08. The first-order valence-corrected chi connectivity index (χ1v) is 3.68. The summed E-state index contributed by atoms with van der Waals surface area (Å²) in [6.07, 6.45) is 0. The van der Waals surface area contributed by atoms with Gasteiger partial charge in [0, 0.05) is 0 Å². The molecule has 0 atom stereocenters. The lowest BCUT2D eigenvalue weighted by molar-refractivity contribution is -1.03. The predicted octanol–water partition coefficient (Wildman–Crippen LogP) is -7.35. The first kappa shape index (κ1) is 15.8. The number of nitrogens with zero attached hydrogens (tertiary/aromatic N) is 2. The van der Waals surface area contributed by atoms with Gasteiger partial charge in [0.25, 0.3) is 0 Å². The van der Waals surface area contributed by atoms with Gasteiger partial charge in [-0.3, -0.25) is 0 Å². The molecular formula is C6H18I2N4. The molecule has 4 N–H and O–H groups in total. The molecule has 0 radical (unpaired) electrons. The monoisotopic (exact) mass is 400 g/mol. The van der Waals surface area contributed by atoms with Gasteiger partial charge >= 0.3 is 0 Å². The van der Waals surface area contributed by atoms with E-state index in [9.17, 15) is 0 Å². The maximum absolute atomic E-state index is 5.87. The van der Waals surface area contributed by atoms with Gasteiger partial charge in [-0.25, -0.2) is 9.18 Å². The Morgan fingerprint density at radius 2 is 0.917 bits per heavy atom. The zero-order chi connectivity index (χ0) is 7.83. The van der Waals surface area contributed by atoms with Gasteiger partial charge in [0.1, 0.15) is 26.2 Å². The van der Waals surface area contributed by atoms with Crippen molar-refractivity contribution < 1.29 is 57.1 Å². The SMILES string of the molecule is C[N+]1(N)CC[N+](C)(N)CC1.[I-].[I-]. The van der Waals surface area contributed by atoms with Crippen LogP contribution in [0.25, 0.3) is 0 Å². The summed E-state index contributed by atoms with van der Waals surface area (Å²) >= 11 is 0. The molecule has 1 aliphatic rings. The summed E-state index contributed by atoms with van der Waals surface area (Å²) in [5.41, 5.74) is 0. The molecule has 0 saturated carbocycles. The number of hydrogen-bond donors (Lipinski definition) is 2. The summed E-state index contributed by atoms with van der Waals surface area (Å²) in [6, 6.07) is 0. The maximum Gasteiger partial charge on any atom is 0.147 e. The van der Waals surface area contributed by atoms with Crippen LogP contribution in [0, 0.1) is 0 Å². The van der Waals surface area contributed by atoms with Gasteiger partial charge < -0.3 is 48.0 Å². The van der Waals surface area contributed by atoms with Gasteiger partial charge in [-0.15, -0.1) is 0 Å². The highest BCUT2D eigenvalue weighted by Gasteiger charge is 2.32. The van der Waals surface area contributed by atoms with E-state index in [1.54, 1.807) is 0 Å². The van der Waals surface area contributed by atoms with Crippen molar-refractivity contribution in [3.63, 3.8) is 0 Å². The molecule has 1 saturated heterocycles. The van der Waals surface area contributed by atoms with Crippen molar-refractivity contribution in [2.75, 3.05) is 40.3 Å². The second-order valence-corrected chi connectivity index (χ2v) is 3.85. The van der Waals surface area contributed by atoms with Gasteiger partial charge in [-0.1, -0.05) is 0 Å². The van der Waals surface area contributed by atoms with Gasteiger partial charge in [0.2, 0.25) is 0 Å². The average molecular weight is 400 g/mol. The number of piperazine rings is 1. The highest BCUT2D eigenvalue weighted by molar-refractivity contribution is 4.41. The van der Waals surface area contributed by atoms with Crippen molar-refractivity contribution in [1.29, 1.82) is 0 Å². The van der Waals surface area contributed by atoms with Crippen molar-refractivity contribution in [2.24, 2.45) is 11.7 Å². The molecule has 0 bridgehead atoms. The van der Waals surface area contributed by atoms with Crippen LogP contribution in [0.4, 0.5) is 0 Å². The standard InChI is InChI=1S/C6H18N4.2HI/c1-9(7)3-5-10(2,8)6-4-9;;/h3-8H2,1-2H3;2*1H/q+2;;/p-2. The van der Waals surface area contributed by atoms with E-state index in [1.807, 2.05) is 14.1 Å². The third-order valence-electron chi connectivity index (χ3n) is 2.24. The van der Waals surface area contributed by atoms with Gasteiger partial charge in [0.15, 0.2) is 0 Å². The molecule has 1 aliphatic heterocycles. The lowest BCUT2D eigenvalue weighted by Gasteiger charge is -2.39. The normalized spacial score (nSPS) is 41.0. The number of quaternary nitrogens is 2. The van der Waals surface area contributed by atoms with E-state index in [0.717, 1.165) is 26.2 Å². The van der Waals surface area contributed by atoms with E-state index in [0.29, 0.717) is 9.18 Å². The Morgan fingerprint density at radius 1 is 0.750 bits per heavy atom. The van der Waals surface area contributed by atoms with Crippen LogP contribution in [-0.4, -0.2) is 49.5 Å². The third kappa shape index (κ3) is 5.12. The molecule has 4 nitrogen and oxygen atoms in total. The number of likely N-dealkylation sites (N-methyl/N-ethyl adjacent to an activating group) is 2. The number of halogens is 2. The fourth-order valence-corrected chi connectivity index (χ4v) is 1.14. The van der Waals surface area contributed by atoms with Crippen LogP contribution in [0.1, 0.15) is 0 Å². The fourth-order valence-electron chi connectivity index (χ4n) is 1.14. The summed E-state index contributed by atoms with van der Waals surface area (Å²) in [4.78, 5) is 0. The minimum absolute atomic E-state index is 0. The highest BCUT2D eigenvalue weighted by atomic mass is 127. The van der Waals surface area contributed by atoms with Crippen molar-refractivity contribution >= 4 is 0 Å². The van der Waals surface area contributed by atoms with Crippen molar-refractivity contribution in [1.82, 2.24) is 0 Å². The molecule has 0 amide bonds. The van der Waals surface area contributed by atoms with Crippen LogP contribution in [0.15, 0.2) is 0 Å². The quantitative estimate of drug-likeness (QED) is 0.241. The van der Waals surface area contributed by atoms with Crippen molar-refractivity contribution in [3.8, 4) is 0 Å². The van der Waals surface area contributed by atoms with Crippen LogP contribution in [0.2, 0.25) is 0 Å². The van der Waals surface area contributed by atoms with E-state index >= 15 is 0 Å². The largest absolute Gasteiger partial charge is 1.00 e. The molecule has 76 valence electrons. The van der Waals surface area contributed by atoms with Crippen molar-refractivity contribution in [3.05, 3.63) is 0 Å². The first-order valence-electron chi connectivity index (χ1n) is 3.68. The third-order valence-corrected chi connectivity index (χ3v) is 2.24. The van der Waals surface area contributed by atoms with Crippen LogP contribution >= 0.6 is 0 Å². The Kier molecular flexibility index (Phi) is 6.89. The lowest BCUT2D eigenvalue weighted by atomic mass is 10.3. The predicted molar refractivity (Wildman–Crippen MR) is 40.2 cm³/mol. The molecule has 12 heavy (non-hydrogen) atoms. The first-order chi connectivity index (χ1) is 4.41. The molecule has 0 aromatic carbocycles. The Labute approximate surface area is 108 Å².